The molecule has 12 nitrogen and oxygen atoms in total. The first kappa shape index (κ1) is 23.4. The summed E-state index contributed by atoms with van der Waals surface area (Å²) < 4.78 is 38.8. The van der Waals surface area contributed by atoms with E-state index in [1.807, 2.05) is 0 Å². The van der Waals surface area contributed by atoms with Crippen LogP contribution < -0.4 is 9.79 Å². The Morgan fingerprint density at radius 3 is 0.833 bits per heavy atom. The van der Waals surface area contributed by atoms with Crippen LogP contribution in [0.15, 0.2) is 0 Å². The van der Waals surface area contributed by atoms with Crippen molar-refractivity contribution in [3.05, 3.63) is 0 Å². The minimum atomic E-state index is -4.40. The first-order valence-electron chi connectivity index (χ1n) is 3.49. The van der Waals surface area contributed by atoms with Crippen molar-refractivity contribution >= 4 is 23.5 Å². The number of hydrogen-bond donors (Lipinski definition) is 4. The third-order valence-corrected chi connectivity index (χ3v) is 2.10. The maximum Gasteiger partial charge on any atom is 0.469 e. The monoisotopic (exact) mass is 334 g/mol. The van der Waals surface area contributed by atoms with Gasteiger partial charge in [-0.3, -0.25) is 13.7 Å². The van der Waals surface area contributed by atoms with E-state index in [-0.39, 0.29) is 0 Å². The summed E-state index contributed by atoms with van der Waals surface area (Å²) >= 11 is 0. The van der Waals surface area contributed by atoms with E-state index < -0.39 is 23.5 Å². The highest BCUT2D eigenvalue weighted by molar-refractivity contribution is 7.46. The third-order valence-electron chi connectivity index (χ3n) is 0.699. The van der Waals surface area contributed by atoms with Crippen molar-refractivity contribution in [1.29, 1.82) is 0 Å². The quantitative estimate of drug-likeness (QED) is 0.410. The lowest BCUT2D eigenvalue weighted by atomic mass is 11.8. The summed E-state index contributed by atoms with van der Waals surface area (Å²) in [6.07, 6.45) is 0. The molecule has 0 aliphatic heterocycles. The van der Waals surface area contributed by atoms with Gasteiger partial charge in [0.1, 0.15) is 0 Å². The highest BCUT2D eigenvalue weighted by atomic mass is 31.2. The van der Waals surface area contributed by atoms with Gasteiger partial charge in [-0.05, 0) is 0 Å². The van der Waals surface area contributed by atoms with Crippen LogP contribution in [0.1, 0.15) is 0 Å². The number of phosphoric acid groups is 3. The lowest BCUT2D eigenvalue weighted by Crippen LogP contribution is -1.99. The molecule has 0 saturated carbocycles. The second kappa shape index (κ2) is 10.2. The van der Waals surface area contributed by atoms with Crippen molar-refractivity contribution in [3.63, 3.8) is 0 Å². The van der Waals surface area contributed by atoms with E-state index in [1.54, 1.807) is 0 Å². The number of rotatable bonds is 3. The van der Waals surface area contributed by atoms with Crippen LogP contribution in [0.2, 0.25) is 0 Å². The summed E-state index contributed by atoms with van der Waals surface area (Å²) in [6.45, 7) is 0. The van der Waals surface area contributed by atoms with Gasteiger partial charge in [-0.1, -0.05) is 0 Å². The van der Waals surface area contributed by atoms with Crippen LogP contribution in [0.4, 0.5) is 0 Å². The van der Waals surface area contributed by atoms with Crippen molar-refractivity contribution in [1.82, 2.24) is 0 Å². The van der Waals surface area contributed by atoms with Crippen molar-refractivity contribution in [2.75, 3.05) is 21.3 Å². The van der Waals surface area contributed by atoms with Gasteiger partial charge in [-0.25, -0.2) is 4.57 Å². The van der Waals surface area contributed by atoms with Crippen molar-refractivity contribution < 1.29 is 56.6 Å². The van der Waals surface area contributed by atoms with Gasteiger partial charge in [0.15, 0.2) is 0 Å². The molecule has 0 heterocycles. The van der Waals surface area contributed by atoms with Crippen molar-refractivity contribution in [2.45, 2.75) is 0 Å². The Morgan fingerprint density at radius 2 is 0.833 bits per heavy atom. The van der Waals surface area contributed by atoms with E-state index >= 15 is 0 Å². The van der Waals surface area contributed by atoms with Gasteiger partial charge < -0.3 is 38.4 Å². The van der Waals surface area contributed by atoms with E-state index in [0.717, 1.165) is 21.3 Å². The van der Waals surface area contributed by atoms with Crippen LogP contribution in [0, 0.1) is 0 Å². The topological polar surface area (TPSA) is 206 Å². The molecule has 0 saturated heterocycles. The average Bonchev–Trinajstić information content (AvgIpc) is 2.16. The molecular formula is C3H13O12P3-2. The Labute approximate surface area is 102 Å². The zero-order chi connectivity index (χ0) is 15.6. The molecule has 18 heavy (non-hydrogen) atoms. The van der Waals surface area contributed by atoms with Crippen LogP contribution in [0.5, 0.6) is 0 Å². The van der Waals surface area contributed by atoms with E-state index in [0.29, 0.717) is 0 Å². The lowest BCUT2D eigenvalue weighted by molar-refractivity contribution is -0.218. The minimum Gasteiger partial charge on any atom is -0.756 e. The molecular weight excluding hydrogens is 321 g/mol. The summed E-state index contributed by atoms with van der Waals surface area (Å²) in [7, 11) is -10.2. The maximum atomic E-state index is 9.47. The SMILES string of the molecule is COP(=O)(O)O.COP(=O)([O-])O.COP(=O)([O-])O. The summed E-state index contributed by atoms with van der Waals surface area (Å²) in [4.78, 5) is 49.4. The first-order valence-corrected chi connectivity index (χ1v) is 8.01. The Hall–Kier alpha value is 0.330. The molecule has 2 atom stereocenters. The molecule has 2 unspecified atom stereocenters. The van der Waals surface area contributed by atoms with Crippen LogP contribution in [-0.4, -0.2) is 40.9 Å². The van der Waals surface area contributed by atoms with Gasteiger partial charge in [0, 0.05) is 21.3 Å². The molecule has 15 heteroatoms. The van der Waals surface area contributed by atoms with E-state index in [9.17, 15) is 23.5 Å². The highest BCUT2D eigenvalue weighted by Crippen LogP contribution is 2.33. The van der Waals surface area contributed by atoms with Gasteiger partial charge in [-0.2, -0.15) is 0 Å². The molecule has 0 aliphatic rings. The Kier molecular flexibility index (Phi) is 13.2. The van der Waals surface area contributed by atoms with Gasteiger partial charge >= 0.3 is 7.82 Å². The summed E-state index contributed by atoms with van der Waals surface area (Å²) in [6, 6.07) is 0. The fourth-order valence-corrected chi connectivity index (χ4v) is 0. The smallest absolute Gasteiger partial charge is 0.469 e. The minimum absolute atomic E-state index is 0.883. The molecule has 114 valence electrons. The molecule has 0 aromatic heterocycles. The third kappa shape index (κ3) is 44.1. The van der Waals surface area contributed by atoms with Crippen LogP contribution in [-0.2, 0) is 27.3 Å². The fraction of sp³-hybridized carbons (Fsp3) is 1.00. The number of hydrogen-bond acceptors (Lipinski definition) is 8. The zero-order valence-electron chi connectivity index (χ0n) is 9.40. The van der Waals surface area contributed by atoms with E-state index in [1.165, 1.54) is 0 Å². The maximum absolute atomic E-state index is 9.47. The van der Waals surface area contributed by atoms with Crippen LogP contribution in [0.3, 0.4) is 0 Å². The van der Waals surface area contributed by atoms with Gasteiger partial charge in [0.2, 0.25) is 0 Å². The number of phosphoric ester groups is 3. The predicted octanol–water partition coefficient (Wildman–Crippen LogP) is -2.09. The molecule has 0 radical (unpaired) electrons. The summed E-state index contributed by atoms with van der Waals surface area (Å²) in [5.74, 6) is 0. The van der Waals surface area contributed by atoms with Gasteiger partial charge in [-0.15, -0.1) is 0 Å². The molecule has 0 aromatic carbocycles. The zero-order valence-corrected chi connectivity index (χ0v) is 12.1. The second-order valence-corrected chi connectivity index (χ2v) is 5.93. The lowest BCUT2D eigenvalue weighted by Gasteiger charge is -2.09. The Balaban J connectivity index is -0.000000187. The molecule has 0 fully saturated rings. The molecule has 4 N–H and O–H groups in total. The predicted molar refractivity (Wildman–Crippen MR) is 52.7 cm³/mol. The molecule has 0 rings (SSSR count). The highest BCUT2D eigenvalue weighted by Gasteiger charge is 2.07. The Morgan fingerprint density at radius 1 is 0.722 bits per heavy atom. The van der Waals surface area contributed by atoms with Gasteiger partial charge in [0.05, 0.1) is 0 Å². The van der Waals surface area contributed by atoms with Gasteiger partial charge in [0.25, 0.3) is 15.6 Å². The van der Waals surface area contributed by atoms with Crippen LogP contribution >= 0.6 is 23.5 Å². The molecule has 0 amide bonds. The van der Waals surface area contributed by atoms with Crippen molar-refractivity contribution in [3.8, 4) is 0 Å². The Bertz CT molecular complexity index is 267. The summed E-state index contributed by atoms with van der Waals surface area (Å²) in [5.41, 5.74) is 0. The summed E-state index contributed by atoms with van der Waals surface area (Å²) in [5, 5.41) is 0. The molecule has 0 bridgehead atoms. The van der Waals surface area contributed by atoms with Crippen molar-refractivity contribution in [2.24, 2.45) is 0 Å². The second-order valence-electron chi connectivity index (χ2n) is 1.98. The average molecular weight is 334 g/mol. The van der Waals surface area contributed by atoms with Crippen LogP contribution in [0.25, 0.3) is 0 Å². The normalized spacial score (nSPS) is 17.2. The van der Waals surface area contributed by atoms with E-state index in [4.69, 9.17) is 19.6 Å². The first-order chi connectivity index (χ1) is 7.68. The molecule has 0 aliphatic carbocycles. The van der Waals surface area contributed by atoms with E-state index in [2.05, 4.69) is 13.6 Å². The molecule has 0 spiro atoms. The fourth-order valence-electron chi connectivity index (χ4n) is 0. The largest absolute Gasteiger partial charge is 0.756 e. The standard InChI is InChI=1S/3CH5O4P/c3*1-5-6(2,3)4/h3*1H3,(H2,2,3,4)/p-2. The molecule has 0 aromatic rings.